The van der Waals surface area contributed by atoms with Gasteiger partial charge in [-0.2, -0.15) is 0 Å². The first-order chi connectivity index (χ1) is 16.5. The van der Waals surface area contributed by atoms with Gasteiger partial charge >= 0.3 is 0 Å². The minimum atomic E-state index is -0.552. The molecule has 1 spiro atoms. The molecule has 182 valence electrons. The highest BCUT2D eigenvalue weighted by atomic mass is 16.2. The van der Waals surface area contributed by atoms with E-state index in [1.165, 1.54) is 64.1 Å². The van der Waals surface area contributed by atoms with E-state index in [2.05, 4.69) is 32.6 Å². The first-order valence-corrected chi connectivity index (χ1v) is 13.0. The number of imide groups is 1. The van der Waals surface area contributed by atoms with E-state index in [1.54, 1.807) is 4.90 Å². The predicted octanol–water partition coefficient (Wildman–Crippen LogP) is 1.35. The van der Waals surface area contributed by atoms with Gasteiger partial charge in [0.25, 0.3) is 5.91 Å². The number of hydrogen-bond acceptors (Lipinski definition) is 6. The van der Waals surface area contributed by atoms with Crippen LogP contribution in [0.1, 0.15) is 54.4 Å². The highest BCUT2D eigenvalue weighted by Crippen LogP contribution is 2.43. The number of nitrogens with one attached hydrogen (secondary N) is 2. The molecule has 1 unspecified atom stereocenters. The monoisotopic (exact) mass is 465 g/mol. The lowest BCUT2D eigenvalue weighted by molar-refractivity contribution is -0.136. The molecular formula is C26H35N5O3. The second-order valence-corrected chi connectivity index (χ2v) is 11.1. The minimum absolute atomic E-state index is 0.0998. The van der Waals surface area contributed by atoms with Gasteiger partial charge in [-0.1, -0.05) is 0 Å². The van der Waals surface area contributed by atoms with Crippen LogP contribution < -0.4 is 15.5 Å². The van der Waals surface area contributed by atoms with E-state index in [0.29, 0.717) is 23.9 Å². The molecule has 6 rings (SSSR count). The van der Waals surface area contributed by atoms with Crippen LogP contribution in [0, 0.1) is 11.3 Å². The van der Waals surface area contributed by atoms with Crippen molar-refractivity contribution in [1.29, 1.82) is 0 Å². The van der Waals surface area contributed by atoms with Gasteiger partial charge in [-0.05, 0) is 88.0 Å². The van der Waals surface area contributed by atoms with Crippen molar-refractivity contribution in [3.63, 3.8) is 0 Å². The van der Waals surface area contributed by atoms with Crippen LogP contribution in [0.2, 0.25) is 0 Å². The Bertz CT molecular complexity index is 988. The number of benzene rings is 1. The van der Waals surface area contributed by atoms with Crippen molar-refractivity contribution in [1.82, 2.24) is 20.4 Å². The van der Waals surface area contributed by atoms with Crippen LogP contribution in [0.4, 0.5) is 5.69 Å². The molecule has 0 radical (unpaired) electrons. The lowest BCUT2D eigenvalue weighted by Gasteiger charge is -2.55. The Morgan fingerprint density at radius 2 is 1.76 bits per heavy atom. The maximum atomic E-state index is 12.9. The van der Waals surface area contributed by atoms with Gasteiger partial charge in [-0.3, -0.25) is 19.7 Å². The van der Waals surface area contributed by atoms with E-state index in [1.807, 2.05) is 6.07 Å². The summed E-state index contributed by atoms with van der Waals surface area (Å²) in [6.07, 6.45) is 5.88. The molecule has 1 aromatic carbocycles. The molecule has 0 aromatic heterocycles. The molecule has 5 aliphatic heterocycles. The summed E-state index contributed by atoms with van der Waals surface area (Å²) in [5.41, 5.74) is 3.30. The Kier molecular flexibility index (Phi) is 5.60. The summed E-state index contributed by atoms with van der Waals surface area (Å²) in [4.78, 5) is 43.5. The lowest BCUT2D eigenvalue weighted by atomic mass is 9.71. The minimum Gasteiger partial charge on any atom is -0.370 e. The molecule has 5 aliphatic rings. The van der Waals surface area contributed by atoms with Crippen molar-refractivity contribution in [2.45, 2.75) is 51.1 Å². The zero-order valence-corrected chi connectivity index (χ0v) is 19.9. The van der Waals surface area contributed by atoms with Crippen LogP contribution >= 0.6 is 0 Å². The molecule has 0 bridgehead atoms. The molecule has 8 heteroatoms. The SMILES string of the molecule is O=C1CCC(N2Cc3cc(N4CC5(CCN(CC6CCNCC6)CC5)C4)ccc3C2=O)C(=O)N1. The third-order valence-electron chi connectivity index (χ3n) is 8.82. The highest BCUT2D eigenvalue weighted by Gasteiger charge is 2.45. The fraction of sp³-hybridized carbons (Fsp3) is 0.654. The van der Waals surface area contributed by atoms with Gasteiger partial charge in [-0.15, -0.1) is 0 Å². The smallest absolute Gasteiger partial charge is 0.255 e. The topological polar surface area (TPSA) is 85.0 Å². The summed E-state index contributed by atoms with van der Waals surface area (Å²) in [6.45, 7) is 8.69. The third kappa shape index (κ3) is 4.01. The number of nitrogens with zero attached hydrogens (tertiary/aromatic N) is 3. The van der Waals surface area contributed by atoms with Gasteiger partial charge in [0.2, 0.25) is 11.8 Å². The Balaban J connectivity index is 1.04. The van der Waals surface area contributed by atoms with Crippen LogP contribution in [0.3, 0.4) is 0 Å². The average Bonchev–Trinajstić information content (AvgIpc) is 3.14. The first kappa shape index (κ1) is 22.0. The molecule has 1 aromatic rings. The summed E-state index contributed by atoms with van der Waals surface area (Å²) in [7, 11) is 0. The maximum absolute atomic E-state index is 12.9. The van der Waals surface area contributed by atoms with Gasteiger partial charge in [0.1, 0.15) is 6.04 Å². The molecular weight excluding hydrogens is 430 g/mol. The number of amides is 3. The standard InChI is InChI=1S/C26H35N5O3/c32-23-4-3-22(24(33)28-23)31-15-19-13-20(1-2-21(19)25(31)34)30-16-26(17-30)7-11-29(12-8-26)14-18-5-9-27-10-6-18/h1-2,13,18,22,27H,3-12,14-17H2,(H,28,32,33). The molecule has 3 amide bonds. The van der Waals surface area contributed by atoms with E-state index in [9.17, 15) is 14.4 Å². The number of piperidine rings is 3. The predicted molar refractivity (Wildman–Crippen MR) is 128 cm³/mol. The summed E-state index contributed by atoms with van der Waals surface area (Å²) in [6, 6.07) is 5.57. The van der Waals surface area contributed by atoms with Crippen molar-refractivity contribution in [2.75, 3.05) is 50.7 Å². The van der Waals surface area contributed by atoms with E-state index in [-0.39, 0.29) is 24.1 Å². The van der Waals surface area contributed by atoms with Gasteiger partial charge in [-0.25, -0.2) is 0 Å². The summed E-state index contributed by atoms with van der Waals surface area (Å²) in [5.74, 6) is 0.157. The first-order valence-electron chi connectivity index (χ1n) is 13.0. The fourth-order valence-electron chi connectivity index (χ4n) is 6.66. The number of rotatable bonds is 4. The van der Waals surface area contributed by atoms with Crippen LogP contribution in [-0.2, 0) is 16.1 Å². The quantitative estimate of drug-likeness (QED) is 0.653. The summed E-state index contributed by atoms with van der Waals surface area (Å²) >= 11 is 0. The number of anilines is 1. The normalized spacial score (nSPS) is 27.6. The molecule has 2 N–H and O–H groups in total. The zero-order chi connectivity index (χ0) is 23.3. The van der Waals surface area contributed by atoms with E-state index >= 15 is 0 Å². The Morgan fingerprint density at radius 1 is 1.00 bits per heavy atom. The third-order valence-corrected chi connectivity index (χ3v) is 8.82. The van der Waals surface area contributed by atoms with Crippen molar-refractivity contribution >= 4 is 23.4 Å². The molecule has 1 atom stereocenters. The molecule has 0 saturated carbocycles. The summed E-state index contributed by atoms with van der Waals surface area (Å²) in [5, 5.41) is 5.84. The van der Waals surface area contributed by atoms with E-state index in [0.717, 1.165) is 24.6 Å². The Labute approximate surface area is 201 Å². The lowest BCUT2D eigenvalue weighted by Crippen LogP contribution is -2.60. The Morgan fingerprint density at radius 3 is 2.50 bits per heavy atom. The number of hydrogen-bond donors (Lipinski definition) is 2. The van der Waals surface area contributed by atoms with Crippen LogP contribution in [-0.4, -0.2) is 79.4 Å². The molecule has 8 nitrogen and oxygen atoms in total. The van der Waals surface area contributed by atoms with Crippen molar-refractivity contribution < 1.29 is 14.4 Å². The number of carbonyl (C=O) groups excluding carboxylic acids is 3. The van der Waals surface area contributed by atoms with E-state index < -0.39 is 6.04 Å². The average molecular weight is 466 g/mol. The van der Waals surface area contributed by atoms with Crippen molar-refractivity contribution in [3.05, 3.63) is 29.3 Å². The van der Waals surface area contributed by atoms with E-state index in [4.69, 9.17) is 0 Å². The van der Waals surface area contributed by atoms with Crippen molar-refractivity contribution in [2.24, 2.45) is 11.3 Å². The number of carbonyl (C=O) groups is 3. The molecule has 4 fully saturated rings. The molecule has 4 saturated heterocycles. The number of likely N-dealkylation sites (tertiary alicyclic amines) is 1. The van der Waals surface area contributed by atoms with Crippen molar-refractivity contribution in [3.8, 4) is 0 Å². The highest BCUT2D eigenvalue weighted by molar-refractivity contribution is 6.05. The molecule has 34 heavy (non-hydrogen) atoms. The molecule has 0 aliphatic carbocycles. The fourth-order valence-corrected chi connectivity index (χ4v) is 6.66. The second-order valence-electron chi connectivity index (χ2n) is 11.1. The van der Waals surface area contributed by atoms with Gasteiger partial charge in [0, 0.05) is 49.3 Å². The summed E-state index contributed by atoms with van der Waals surface area (Å²) < 4.78 is 0. The Hall–Kier alpha value is -2.45. The largest absolute Gasteiger partial charge is 0.370 e. The van der Waals surface area contributed by atoms with Gasteiger partial charge in [0.15, 0.2) is 0 Å². The second kappa shape index (κ2) is 8.64. The van der Waals surface area contributed by atoms with Crippen LogP contribution in [0.25, 0.3) is 0 Å². The molecule has 5 heterocycles. The maximum Gasteiger partial charge on any atom is 0.255 e. The number of fused-ring (bicyclic) bond motifs is 1. The van der Waals surface area contributed by atoms with Gasteiger partial charge in [0.05, 0.1) is 0 Å². The van der Waals surface area contributed by atoms with Gasteiger partial charge < -0.3 is 20.0 Å². The van der Waals surface area contributed by atoms with Crippen LogP contribution in [0.5, 0.6) is 0 Å². The van der Waals surface area contributed by atoms with Crippen LogP contribution in [0.15, 0.2) is 18.2 Å². The zero-order valence-electron chi connectivity index (χ0n) is 19.9.